The molecule has 0 radical (unpaired) electrons. The molecule has 2 aliphatic rings. The number of hydrogen-bond donors (Lipinski definition) is 4. The molecule has 2 saturated heterocycles. The number of fused-ring (bicyclic) bond motifs is 1. The maximum absolute atomic E-state index is 14.2. The van der Waals surface area contributed by atoms with Crippen LogP contribution in [0.25, 0.3) is 6.08 Å². The summed E-state index contributed by atoms with van der Waals surface area (Å²) in [5.74, 6) is -1.11. The molecule has 6 rings (SSSR count). The number of anilines is 1. The molecule has 2 fully saturated rings. The molecule has 4 heterocycles. The summed E-state index contributed by atoms with van der Waals surface area (Å²) in [6.45, 7) is 1.76. The predicted octanol–water partition coefficient (Wildman–Crippen LogP) is 4.48. The van der Waals surface area contributed by atoms with E-state index in [9.17, 15) is 14.4 Å². The summed E-state index contributed by atoms with van der Waals surface area (Å²) in [6, 6.07) is 22.9. The van der Waals surface area contributed by atoms with Crippen molar-refractivity contribution in [2.24, 2.45) is 11.1 Å². The van der Waals surface area contributed by atoms with Crippen molar-refractivity contribution in [3.05, 3.63) is 119 Å². The number of benzene rings is 2. The van der Waals surface area contributed by atoms with Crippen LogP contribution in [0.4, 0.5) is 9.93 Å². The third-order valence-corrected chi connectivity index (χ3v) is 8.97. The average molecular weight is 652 g/mol. The van der Waals surface area contributed by atoms with E-state index in [0.717, 1.165) is 11.1 Å². The lowest BCUT2D eigenvalue weighted by atomic mass is 9.81. The van der Waals surface area contributed by atoms with Crippen molar-refractivity contribution < 1.29 is 23.9 Å². The topological polar surface area (TPSA) is 173 Å². The van der Waals surface area contributed by atoms with Gasteiger partial charge in [0.25, 0.3) is 5.91 Å². The van der Waals surface area contributed by atoms with Crippen molar-refractivity contribution in [1.82, 2.24) is 20.2 Å². The van der Waals surface area contributed by atoms with Gasteiger partial charge in [0.2, 0.25) is 0 Å². The fourth-order valence-electron chi connectivity index (χ4n) is 6.00. The lowest BCUT2D eigenvalue weighted by Crippen LogP contribution is -2.58. The fourth-order valence-corrected chi connectivity index (χ4v) is 6.72. The molecule has 0 bridgehead atoms. The van der Waals surface area contributed by atoms with Crippen LogP contribution in [0.15, 0.2) is 96.0 Å². The molecule has 0 spiro atoms. The van der Waals surface area contributed by atoms with Crippen molar-refractivity contribution in [2.75, 3.05) is 11.9 Å². The van der Waals surface area contributed by atoms with Crippen LogP contribution >= 0.6 is 11.3 Å². The number of esters is 1. The van der Waals surface area contributed by atoms with E-state index in [0.29, 0.717) is 28.5 Å². The van der Waals surface area contributed by atoms with Crippen LogP contribution in [-0.2, 0) is 25.6 Å². The number of β-lactam (4-membered cyclic amide) rings is 1. The van der Waals surface area contributed by atoms with Crippen molar-refractivity contribution in [2.45, 2.75) is 38.1 Å². The summed E-state index contributed by atoms with van der Waals surface area (Å²) in [4.78, 5) is 50.8. The Morgan fingerprint density at radius 2 is 1.79 bits per heavy atom. The summed E-state index contributed by atoms with van der Waals surface area (Å²) in [6.07, 6.45) is 2.35. The largest absolute Gasteiger partial charge is 0.451 e. The minimum absolute atomic E-state index is 0.0805. The lowest BCUT2D eigenvalue weighted by molar-refractivity contribution is -0.163. The maximum Gasteiger partial charge on any atom is 0.407 e. The molecule has 2 aromatic carbocycles. The van der Waals surface area contributed by atoms with Crippen LogP contribution in [0.5, 0.6) is 0 Å². The van der Waals surface area contributed by atoms with Gasteiger partial charge in [-0.3, -0.25) is 15.2 Å². The van der Waals surface area contributed by atoms with E-state index in [1.807, 2.05) is 79.7 Å². The van der Waals surface area contributed by atoms with Crippen molar-refractivity contribution >= 4 is 46.5 Å². The molecule has 2 aliphatic heterocycles. The maximum atomic E-state index is 14.2. The Morgan fingerprint density at radius 1 is 1.11 bits per heavy atom. The van der Waals surface area contributed by atoms with Crippen LogP contribution < -0.4 is 16.4 Å². The number of rotatable bonds is 10. The van der Waals surface area contributed by atoms with Gasteiger partial charge in [-0.15, -0.1) is 11.3 Å². The number of hydrogen-bond acceptors (Lipinski definition) is 9. The van der Waals surface area contributed by atoms with Gasteiger partial charge in [0.05, 0.1) is 24.0 Å². The summed E-state index contributed by atoms with van der Waals surface area (Å²) >= 11 is 1.24. The summed E-state index contributed by atoms with van der Waals surface area (Å²) in [5, 5.41) is 14.8. The van der Waals surface area contributed by atoms with E-state index in [4.69, 9.17) is 20.6 Å². The third-order valence-electron chi connectivity index (χ3n) is 8.17. The first-order valence-corrected chi connectivity index (χ1v) is 15.8. The van der Waals surface area contributed by atoms with E-state index in [-0.39, 0.29) is 31.1 Å². The highest BCUT2D eigenvalue weighted by atomic mass is 32.1. The van der Waals surface area contributed by atoms with E-state index in [2.05, 4.69) is 20.6 Å². The number of ether oxygens (including phenoxy) is 2. The molecule has 2 amide bonds. The highest BCUT2D eigenvalue weighted by Crippen LogP contribution is 2.50. The molecule has 0 aliphatic carbocycles. The Kier molecular flexibility index (Phi) is 8.98. The summed E-state index contributed by atoms with van der Waals surface area (Å²) in [7, 11) is 0. The van der Waals surface area contributed by atoms with Gasteiger partial charge in [-0.05, 0) is 35.8 Å². The molecule has 2 aromatic heterocycles. The number of nitrogens with zero attached hydrogens (tertiary/aromatic N) is 3. The minimum atomic E-state index is -1.01. The highest BCUT2D eigenvalue weighted by Gasteiger charge is 2.63. The molecule has 3 atom stereocenters. The second-order valence-corrected chi connectivity index (χ2v) is 12.5. The van der Waals surface area contributed by atoms with Crippen molar-refractivity contribution in [1.29, 1.82) is 5.41 Å². The lowest BCUT2D eigenvalue weighted by Gasteiger charge is -2.41. The first kappa shape index (κ1) is 31.4. The molecule has 1 unspecified atom stereocenters. The average Bonchev–Trinajstić information content (AvgIpc) is 3.64. The molecular formula is C34H33N7O5S. The van der Waals surface area contributed by atoms with Crippen molar-refractivity contribution in [3.8, 4) is 0 Å². The standard InChI is InChI=1S/C34H33N7O5S/c1-34(20-45-33(44)38-18-24-19-47-32(39-24)40-31(35)36)17-26-25(16-23-14-8-9-15-37-23)29(42)41(26)28(34)30(43)46-27(21-10-4-2-5-11-21)22-12-6-3-7-13-22/h2-16,19,26-28H,17-18,20H2,1H3,(H,38,44)(H4,35,36,39,40)/b25-16+/t26?,28-,34-/m0/s1. The van der Waals surface area contributed by atoms with Crippen LogP contribution in [0.3, 0.4) is 0 Å². The molecular weight excluding hydrogens is 618 g/mol. The van der Waals surface area contributed by atoms with E-state index >= 15 is 0 Å². The quantitative estimate of drug-likeness (QED) is 0.0634. The monoisotopic (exact) mass is 651 g/mol. The first-order valence-electron chi connectivity index (χ1n) is 14.9. The number of alkyl carbamates (subject to hydrolysis) is 1. The number of aromatic nitrogens is 2. The highest BCUT2D eigenvalue weighted by molar-refractivity contribution is 7.13. The zero-order chi connectivity index (χ0) is 33.0. The van der Waals surface area contributed by atoms with Crippen LogP contribution in [0.1, 0.15) is 42.0 Å². The zero-order valence-corrected chi connectivity index (χ0v) is 26.3. The fraction of sp³-hybridized carbons (Fsp3) is 0.235. The number of guanidine groups is 1. The Morgan fingerprint density at radius 3 is 2.43 bits per heavy atom. The van der Waals surface area contributed by atoms with Crippen LogP contribution in [0.2, 0.25) is 0 Å². The Hall–Kier alpha value is -5.56. The van der Waals surface area contributed by atoms with E-state index in [1.165, 1.54) is 11.3 Å². The molecule has 12 nitrogen and oxygen atoms in total. The second kappa shape index (κ2) is 13.4. The molecule has 240 valence electrons. The van der Waals surface area contributed by atoms with Gasteiger partial charge < -0.3 is 30.7 Å². The minimum Gasteiger partial charge on any atom is -0.451 e. The van der Waals surface area contributed by atoms with Crippen molar-refractivity contribution in [3.63, 3.8) is 0 Å². The third kappa shape index (κ3) is 6.84. The van der Waals surface area contributed by atoms with Gasteiger partial charge in [-0.25, -0.2) is 14.6 Å². The molecule has 13 heteroatoms. The number of pyridine rings is 1. The Bertz CT molecular complexity index is 1760. The normalized spacial score (nSPS) is 20.8. The SMILES string of the molecule is C[C@@]1(COC(=O)NCc2csc(NC(=N)N)n2)CC2/C(=C\c3ccccn3)C(=O)N2[C@H]1C(=O)OC(c1ccccc1)c1ccccc1. The van der Waals surface area contributed by atoms with E-state index < -0.39 is 29.6 Å². The Labute approximate surface area is 275 Å². The van der Waals surface area contributed by atoms with Gasteiger partial charge in [0, 0.05) is 22.6 Å². The molecule has 0 saturated carbocycles. The van der Waals surface area contributed by atoms with Gasteiger partial charge >= 0.3 is 12.1 Å². The van der Waals surface area contributed by atoms with Gasteiger partial charge in [0.1, 0.15) is 12.6 Å². The number of nitrogens with one attached hydrogen (secondary N) is 3. The molecule has 4 aromatic rings. The number of thiazole rings is 1. The van der Waals surface area contributed by atoms with Gasteiger partial charge in [-0.2, -0.15) is 0 Å². The van der Waals surface area contributed by atoms with Crippen LogP contribution in [0, 0.1) is 10.8 Å². The summed E-state index contributed by atoms with van der Waals surface area (Å²) < 4.78 is 11.9. The number of amides is 2. The number of nitrogens with two attached hydrogens (primary N) is 1. The zero-order valence-electron chi connectivity index (χ0n) is 25.5. The number of carbonyl (C=O) groups is 3. The van der Waals surface area contributed by atoms with Gasteiger partial charge in [0.15, 0.2) is 17.2 Å². The smallest absolute Gasteiger partial charge is 0.407 e. The second-order valence-electron chi connectivity index (χ2n) is 11.6. The number of carbonyl (C=O) groups excluding carboxylic acids is 3. The molecule has 47 heavy (non-hydrogen) atoms. The Balaban J connectivity index is 1.22. The molecule has 5 N–H and O–H groups in total. The summed E-state index contributed by atoms with van der Waals surface area (Å²) in [5.41, 5.74) is 7.68. The van der Waals surface area contributed by atoms with E-state index in [1.54, 1.807) is 28.6 Å². The van der Waals surface area contributed by atoms with Gasteiger partial charge in [-0.1, -0.05) is 73.7 Å². The predicted molar refractivity (Wildman–Crippen MR) is 176 cm³/mol. The van der Waals surface area contributed by atoms with Crippen LogP contribution in [-0.4, -0.2) is 57.5 Å². The first-order chi connectivity index (χ1) is 22.7.